The Bertz CT molecular complexity index is 238. The number of pyridine rings is 1. The minimum absolute atomic E-state index is 0.698. The van der Waals surface area contributed by atoms with Crippen LogP contribution in [0.4, 0.5) is 5.82 Å². The smallest absolute Gasteiger partial charge is 0.207 e. The van der Waals surface area contributed by atoms with Gasteiger partial charge in [0.2, 0.25) is 6.41 Å². The van der Waals surface area contributed by atoms with Crippen molar-refractivity contribution in [3.05, 3.63) is 24.4 Å². The van der Waals surface area contributed by atoms with Crippen LogP contribution < -0.4 is 10.6 Å². The molecule has 0 aliphatic heterocycles. The summed E-state index contributed by atoms with van der Waals surface area (Å²) in [5.41, 5.74) is 0. The molecule has 0 atom stereocenters. The summed E-state index contributed by atoms with van der Waals surface area (Å²) in [6.07, 6.45) is 3.35. The molecule has 0 bridgehead atoms. The molecule has 0 saturated heterocycles. The van der Waals surface area contributed by atoms with Gasteiger partial charge in [-0.15, -0.1) is 0 Å². The number of aromatic nitrogens is 1. The van der Waals surface area contributed by atoms with Gasteiger partial charge in [0.1, 0.15) is 5.82 Å². The molecule has 0 unspecified atom stereocenters. The van der Waals surface area contributed by atoms with Gasteiger partial charge in [0.15, 0.2) is 0 Å². The van der Waals surface area contributed by atoms with Gasteiger partial charge in [-0.2, -0.15) is 0 Å². The molecule has 13 heavy (non-hydrogen) atoms. The minimum Gasteiger partial charge on any atom is -0.370 e. The summed E-state index contributed by atoms with van der Waals surface area (Å²) in [4.78, 5) is 14.0. The lowest BCUT2D eigenvalue weighted by Gasteiger charge is -2.03. The van der Waals surface area contributed by atoms with Gasteiger partial charge in [0.05, 0.1) is 0 Å². The molecule has 0 fully saturated rings. The van der Waals surface area contributed by atoms with Crippen LogP contribution in [0.25, 0.3) is 0 Å². The monoisotopic (exact) mass is 179 g/mol. The Morgan fingerprint density at radius 1 is 1.38 bits per heavy atom. The first-order valence-electron chi connectivity index (χ1n) is 4.25. The van der Waals surface area contributed by atoms with E-state index < -0.39 is 0 Å². The predicted molar refractivity (Wildman–Crippen MR) is 51.4 cm³/mol. The number of amides is 1. The molecule has 0 saturated carbocycles. The number of carbonyl (C=O) groups is 1. The van der Waals surface area contributed by atoms with Crippen LogP contribution in [0.3, 0.4) is 0 Å². The van der Waals surface area contributed by atoms with E-state index in [0.29, 0.717) is 13.0 Å². The largest absolute Gasteiger partial charge is 0.370 e. The molecule has 1 heterocycles. The molecular weight excluding hydrogens is 166 g/mol. The van der Waals surface area contributed by atoms with Gasteiger partial charge in [-0.25, -0.2) is 4.98 Å². The second kappa shape index (κ2) is 5.99. The van der Waals surface area contributed by atoms with Crippen molar-refractivity contribution in [2.75, 3.05) is 18.4 Å². The summed E-state index contributed by atoms with van der Waals surface area (Å²) in [7, 11) is 0. The average molecular weight is 179 g/mol. The average Bonchev–Trinajstić information content (AvgIpc) is 2.19. The van der Waals surface area contributed by atoms with Crippen LogP contribution >= 0.6 is 0 Å². The third-order valence-electron chi connectivity index (χ3n) is 1.55. The lowest BCUT2D eigenvalue weighted by atomic mass is 10.4. The SMILES string of the molecule is O=CNCCCNc1ccccn1. The van der Waals surface area contributed by atoms with Crippen molar-refractivity contribution in [1.82, 2.24) is 10.3 Å². The van der Waals surface area contributed by atoms with Crippen LogP contribution in [-0.4, -0.2) is 24.5 Å². The van der Waals surface area contributed by atoms with E-state index in [1.807, 2.05) is 18.2 Å². The summed E-state index contributed by atoms with van der Waals surface area (Å²) in [5.74, 6) is 0.869. The standard InChI is InChI=1S/C9H13N3O/c13-8-10-5-3-7-12-9-4-1-2-6-11-9/h1-2,4,6,8H,3,5,7H2,(H,10,13)(H,11,12). The van der Waals surface area contributed by atoms with Crippen molar-refractivity contribution in [2.24, 2.45) is 0 Å². The van der Waals surface area contributed by atoms with Crippen LogP contribution in [0.1, 0.15) is 6.42 Å². The fourth-order valence-electron chi connectivity index (χ4n) is 0.933. The summed E-state index contributed by atoms with van der Waals surface area (Å²) < 4.78 is 0. The Kier molecular flexibility index (Phi) is 4.38. The number of carbonyl (C=O) groups excluding carboxylic acids is 1. The number of anilines is 1. The van der Waals surface area contributed by atoms with Crippen molar-refractivity contribution >= 4 is 12.2 Å². The van der Waals surface area contributed by atoms with Gasteiger partial charge in [0.25, 0.3) is 0 Å². The Hall–Kier alpha value is -1.58. The highest BCUT2D eigenvalue weighted by atomic mass is 16.1. The number of hydrogen-bond donors (Lipinski definition) is 2. The van der Waals surface area contributed by atoms with Crippen molar-refractivity contribution in [2.45, 2.75) is 6.42 Å². The Balaban J connectivity index is 2.10. The number of hydrogen-bond acceptors (Lipinski definition) is 3. The molecule has 0 aliphatic rings. The number of nitrogens with one attached hydrogen (secondary N) is 2. The predicted octanol–water partition coefficient (Wildman–Crippen LogP) is 0.630. The topological polar surface area (TPSA) is 54.0 Å². The lowest BCUT2D eigenvalue weighted by molar-refractivity contribution is -0.109. The molecule has 4 nitrogen and oxygen atoms in total. The van der Waals surface area contributed by atoms with E-state index in [1.54, 1.807) is 6.20 Å². The van der Waals surface area contributed by atoms with Gasteiger partial charge in [0, 0.05) is 19.3 Å². The molecule has 1 aromatic heterocycles. The van der Waals surface area contributed by atoms with Crippen LogP contribution in [0, 0.1) is 0 Å². The van der Waals surface area contributed by atoms with E-state index in [9.17, 15) is 4.79 Å². The summed E-state index contributed by atoms with van der Waals surface area (Å²) in [6.45, 7) is 1.52. The molecule has 0 spiro atoms. The first-order valence-corrected chi connectivity index (χ1v) is 4.25. The summed E-state index contributed by atoms with van der Waals surface area (Å²) in [6, 6.07) is 5.71. The molecule has 0 aliphatic carbocycles. The maximum atomic E-state index is 9.89. The second-order valence-corrected chi connectivity index (χ2v) is 2.57. The van der Waals surface area contributed by atoms with Gasteiger partial charge >= 0.3 is 0 Å². The highest BCUT2D eigenvalue weighted by Crippen LogP contribution is 1.98. The van der Waals surface area contributed by atoms with Crippen molar-refractivity contribution in [3.63, 3.8) is 0 Å². The lowest BCUT2D eigenvalue weighted by Crippen LogP contribution is -2.16. The molecule has 0 radical (unpaired) electrons. The zero-order valence-corrected chi connectivity index (χ0v) is 7.36. The Labute approximate surface area is 77.4 Å². The van der Waals surface area contributed by atoms with Gasteiger partial charge in [-0.05, 0) is 18.6 Å². The van der Waals surface area contributed by atoms with Gasteiger partial charge < -0.3 is 10.6 Å². The highest BCUT2D eigenvalue weighted by molar-refractivity contribution is 5.45. The summed E-state index contributed by atoms with van der Waals surface area (Å²) in [5, 5.41) is 5.73. The molecule has 0 aromatic carbocycles. The van der Waals surface area contributed by atoms with E-state index in [-0.39, 0.29) is 0 Å². The van der Waals surface area contributed by atoms with E-state index in [0.717, 1.165) is 18.8 Å². The van der Waals surface area contributed by atoms with Crippen molar-refractivity contribution < 1.29 is 4.79 Å². The first kappa shape index (κ1) is 9.51. The molecule has 1 amide bonds. The number of nitrogens with zero attached hydrogens (tertiary/aromatic N) is 1. The second-order valence-electron chi connectivity index (χ2n) is 2.57. The molecule has 1 aromatic rings. The fraction of sp³-hybridized carbons (Fsp3) is 0.333. The number of rotatable bonds is 6. The van der Waals surface area contributed by atoms with Crippen LogP contribution in [-0.2, 0) is 4.79 Å². The Morgan fingerprint density at radius 2 is 2.31 bits per heavy atom. The normalized spacial score (nSPS) is 9.23. The molecule has 1 rings (SSSR count). The maximum Gasteiger partial charge on any atom is 0.207 e. The van der Waals surface area contributed by atoms with Crippen LogP contribution in [0.5, 0.6) is 0 Å². The maximum absolute atomic E-state index is 9.89. The Morgan fingerprint density at radius 3 is 3.00 bits per heavy atom. The van der Waals surface area contributed by atoms with E-state index >= 15 is 0 Å². The molecule has 2 N–H and O–H groups in total. The highest BCUT2D eigenvalue weighted by Gasteiger charge is 1.89. The molecular formula is C9H13N3O. The van der Waals surface area contributed by atoms with Crippen molar-refractivity contribution in [1.29, 1.82) is 0 Å². The first-order chi connectivity index (χ1) is 6.43. The fourth-order valence-corrected chi connectivity index (χ4v) is 0.933. The van der Waals surface area contributed by atoms with Gasteiger partial charge in [-0.3, -0.25) is 4.79 Å². The van der Waals surface area contributed by atoms with Crippen LogP contribution in [0.2, 0.25) is 0 Å². The van der Waals surface area contributed by atoms with E-state index in [1.165, 1.54) is 0 Å². The molecule has 70 valence electrons. The quantitative estimate of drug-likeness (QED) is 0.497. The third kappa shape index (κ3) is 4.10. The van der Waals surface area contributed by atoms with E-state index in [4.69, 9.17) is 0 Å². The minimum atomic E-state index is 0.698. The zero-order chi connectivity index (χ0) is 9.36. The van der Waals surface area contributed by atoms with Crippen molar-refractivity contribution in [3.8, 4) is 0 Å². The van der Waals surface area contributed by atoms with Crippen LogP contribution in [0.15, 0.2) is 24.4 Å². The molecule has 4 heteroatoms. The third-order valence-corrected chi connectivity index (χ3v) is 1.55. The van der Waals surface area contributed by atoms with Gasteiger partial charge in [-0.1, -0.05) is 6.07 Å². The summed E-state index contributed by atoms with van der Waals surface area (Å²) >= 11 is 0. The zero-order valence-electron chi connectivity index (χ0n) is 7.36. The van der Waals surface area contributed by atoms with E-state index in [2.05, 4.69) is 15.6 Å².